The Balaban J connectivity index is 1.91. The van der Waals surface area contributed by atoms with E-state index < -0.39 is 10.6 Å². The molecule has 0 saturated heterocycles. The van der Waals surface area contributed by atoms with Crippen LogP contribution < -0.4 is 9.47 Å². The van der Waals surface area contributed by atoms with Gasteiger partial charge in [-0.15, -0.1) is 0 Å². The number of hydrogen-bond donors (Lipinski definition) is 0. The lowest BCUT2D eigenvalue weighted by molar-refractivity contribution is -0.387. The van der Waals surface area contributed by atoms with Crippen LogP contribution >= 0.6 is 0 Å². The molecule has 0 amide bonds. The Labute approximate surface area is 156 Å². The van der Waals surface area contributed by atoms with Crippen LogP contribution in [0.2, 0.25) is 0 Å². The van der Waals surface area contributed by atoms with Gasteiger partial charge in [0.15, 0.2) is 0 Å². The highest BCUT2D eigenvalue weighted by molar-refractivity contribution is 5.52. The lowest BCUT2D eigenvalue weighted by Crippen LogP contribution is -2.01. The molecule has 0 spiro atoms. The standard InChI is InChI=1S/C20H19N3O4/c1-13(2)15-6-10-17(11-7-15)27-20-18(23(24)25)19(21-12-22-20)26-16-8-4-14(3)5-9-16/h4-13H,1-3H3. The molecule has 7 nitrogen and oxygen atoms in total. The number of hydrogen-bond acceptors (Lipinski definition) is 6. The Kier molecular flexibility index (Phi) is 5.30. The quantitative estimate of drug-likeness (QED) is 0.429. The zero-order valence-corrected chi connectivity index (χ0v) is 15.2. The summed E-state index contributed by atoms with van der Waals surface area (Å²) in [4.78, 5) is 18.8. The van der Waals surface area contributed by atoms with Crippen molar-refractivity contribution < 1.29 is 14.4 Å². The molecule has 0 aliphatic heterocycles. The summed E-state index contributed by atoms with van der Waals surface area (Å²) in [5.74, 6) is 0.918. The van der Waals surface area contributed by atoms with Crippen LogP contribution in [0.15, 0.2) is 54.9 Å². The highest BCUT2D eigenvalue weighted by Gasteiger charge is 2.27. The van der Waals surface area contributed by atoms with Crippen LogP contribution in [0.1, 0.15) is 30.9 Å². The van der Waals surface area contributed by atoms with Gasteiger partial charge in [0, 0.05) is 0 Å². The van der Waals surface area contributed by atoms with Gasteiger partial charge in [-0.05, 0) is 42.7 Å². The predicted molar refractivity (Wildman–Crippen MR) is 101 cm³/mol. The second kappa shape index (κ2) is 7.82. The van der Waals surface area contributed by atoms with Crippen molar-refractivity contribution in [3.8, 4) is 23.3 Å². The van der Waals surface area contributed by atoms with E-state index in [4.69, 9.17) is 9.47 Å². The van der Waals surface area contributed by atoms with Crippen molar-refractivity contribution >= 4 is 5.69 Å². The molecule has 0 saturated carbocycles. The molecule has 0 aliphatic carbocycles. The van der Waals surface area contributed by atoms with Gasteiger partial charge in [-0.25, -0.2) is 0 Å². The molecule has 7 heteroatoms. The van der Waals surface area contributed by atoms with Crippen molar-refractivity contribution in [3.05, 3.63) is 76.1 Å². The lowest BCUT2D eigenvalue weighted by atomic mass is 10.0. The van der Waals surface area contributed by atoms with E-state index in [1.54, 1.807) is 24.3 Å². The number of ether oxygens (including phenoxy) is 2. The van der Waals surface area contributed by atoms with Crippen molar-refractivity contribution in [1.82, 2.24) is 9.97 Å². The fraction of sp³-hybridized carbons (Fsp3) is 0.200. The molecular weight excluding hydrogens is 346 g/mol. The van der Waals surface area contributed by atoms with Gasteiger partial charge in [-0.2, -0.15) is 9.97 Å². The van der Waals surface area contributed by atoms with Crippen LogP contribution in [0.25, 0.3) is 0 Å². The number of aryl methyl sites for hydroxylation is 1. The summed E-state index contributed by atoms with van der Waals surface area (Å²) in [5, 5.41) is 11.6. The first-order valence-corrected chi connectivity index (χ1v) is 8.45. The second-order valence-corrected chi connectivity index (χ2v) is 6.33. The van der Waals surface area contributed by atoms with E-state index in [0.29, 0.717) is 17.4 Å². The van der Waals surface area contributed by atoms with Gasteiger partial charge < -0.3 is 9.47 Å². The van der Waals surface area contributed by atoms with Crippen LogP contribution in [0.3, 0.4) is 0 Å². The number of nitrogens with zero attached hydrogens (tertiary/aromatic N) is 3. The fourth-order valence-corrected chi connectivity index (χ4v) is 2.40. The highest BCUT2D eigenvalue weighted by Crippen LogP contribution is 2.37. The smallest absolute Gasteiger partial charge is 0.393 e. The summed E-state index contributed by atoms with van der Waals surface area (Å²) in [7, 11) is 0. The van der Waals surface area contributed by atoms with E-state index in [1.165, 1.54) is 6.33 Å². The van der Waals surface area contributed by atoms with E-state index in [1.807, 2.05) is 31.2 Å². The van der Waals surface area contributed by atoms with E-state index in [9.17, 15) is 10.1 Å². The third kappa shape index (κ3) is 4.38. The third-order valence-electron chi connectivity index (χ3n) is 3.93. The van der Waals surface area contributed by atoms with Crippen LogP contribution in [0.5, 0.6) is 23.3 Å². The maximum absolute atomic E-state index is 11.6. The Morgan fingerprint density at radius 1 is 0.889 bits per heavy atom. The number of rotatable bonds is 6. The molecule has 0 aliphatic rings. The van der Waals surface area contributed by atoms with Gasteiger partial charge in [0.1, 0.15) is 17.8 Å². The molecule has 0 N–H and O–H groups in total. The SMILES string of the molecule is Cc1ccc(Oc2ncnc(Oc3ccc(C(C)C)cc3)c2[N+](=O)[O-])cc1. The van der Waals surface area contributed by atoms with Crippen LogP contribution in [0.4, 0.5) is 5.69 Å². The Hall–Kier alpha value is -3.48. The minimum atomic E-state index is -0.610. The molecule has 0 atom stereocenters. The van der Waals surface area contributed by atoms with Crippen molar-refractivity contribution in [1.29, 1.82) is 0 Å². The minimum Gasteiger partial charge on any atom is -0.433 e. The Bertz CT molecular complexity index is 938. The molecule has 1 aromatic heterocycles. The average molecular weight is 365 g/mol. The van der Waals surface area contributed by atoms with Gasteiger partial charge in [-0.3, -0.25) is 10.1 Å². The highest BCUT2D eigenvalue weighted by atomic mass is 16.6. The Morgan fingerprint density at radius 2 is 1.37 bits per heavy atom. The van der Waals surface area contributed by atoms with Gasteiger partial charge in [0.2, 0.25) is 0 Å². The summed E-state index contributed by atoms with van der Waals surface area (Å²) < 4.78 is 11.2. The molecule has 0 unspecified atom stereocenters. The number of nitro groups is 1. The summed E-state index contributed by atoms with van der Waals surface area (Å²) in [6, 6.07) is 14.4. The fourth-order valence-electron chi connectivity index (χ4n) is 2.40. The van der Waals surface area contributed by atoms with Crippen LogP contribution in [0, 0.1) is 17.0 Å². The largest absolute Gasteiger partial charge is 0.433 e. The molecular formula is C20H19N3O4. The topological polar surface area (TPSA) is 87.4 Å². The summed E-state index contributed by atoms with van der Waals surface area (Å²) >= 11 is 0. The molecule has 2 aromatic carbocycles. The zero-order valence-electron chi connectivity index (χ0n) is 15.2. The molecule has 138 valence electrons. The summed E-state index contributed by atoms with van der Waals surface area (Å²) in [6.45, 7) is 6.10. The summed E-state index contributed by atoms with van der Waals surface area (Å²) in [6.07, 6.45) is 1.17. The minimum absolute atomic E-state index is 0.172. The average Bonchev–Trinajstić information content (AvgIpc) is 2.64. The molecule has 0 bridgehead atoms. The maximum Gasteiger partial charge on any atom is 0.393 e. The van der Waals surface area contributed by atoms with Crippen LogP contribution in [-0.4, -0.2) is 14.9 Å². The van der Waals surface area contributed by atoms with E-state index in [2.05, 4.69) is 23.8 Å². The zero-order chi connectivity index (χ0) is 19.4. The van der Waals surface area contributed by atoms with E-state index >= 15 is 0 Å². The van der Waals surface area contributed by atoms with Crippen LogP contribution in [-0.2, 0) is 0 Å². The monoisotopic (exact) mass is 365 g/mol. The number of benzene rings is 2. The molecule has 0 radical (unpaired) electrons. The van der Waals surface area contributed by atoms with Crippen molar-refractivity contribution in [2.75, 3.05) is 0 Å². The van der Waals surface area contributed by atoms with E-state index in [-0.39, 0.29) is 11.8 Å². The molecule has 0 fully saturated rings. The summed E-state index contributed by atoms with van der Waals surface area (Å²) in [5.41, 5.74) is 1.77. The first-order valence-electron chi connectivity index (χ1n) is 8.45. The van der Waals surface area contributed by atoms with Gasteiger partial charge in [0.05, 0.1) is 4.92 Å². The lowest BCUT2D eigenvalue weighted by Gasteiger charge is -2.10. The number of aromatic nitrogens is 2. The predicted octanol–water partition coefficient (Wildman–Crippen LogP) is 5.40. The Morgan fingerprint density at radius 3 is 1.81 bits per heavy atom. The van der Waals surface area contributed by atoms with Crippen molar-refractivity contribution in [3.63, 3.8) is 0 Å². The van der Waals surface area contributed by atoms with Gasteiger partial charge in [0.25, 0.3) is 0 Å². The normalized spacial score (nSPS) is 10.7. The first-order chi connectivity index (χ1) is 12.9. The van der Waals surface area contributed by atoms with Crippen molar-refractivity contribution in [2.45, 2.75) is 26.7 Å². The van der Waals surface area contributed by atoms with Crippen molar-refractivity contribution in [2.24, 2.45) is 0 Å². The first kappa shape index (κ1) is 18.3. The third-order valence-corrected chi connectivity index (χ3v) is 3.93. The molecule has 3 aromatic rings. The molecule has 27 heavy (non-hydrogen) atoms. The molecule has 1 heterocycles. The molecule has 3 rings (SSSR count). The van der Waals surface area contributed by atoms with E-state index in [0.717, 1.165) is 11.1 Å². The maximum atomic E-state index is 11.6. The van der Waals surface area contributed by atoms with Gasteiger partial charge >= 0.3 is 17.4 Å². The second-order valence-electron chi connectivity index (χ2n) is 6.33. The van der Waals surface area contributed by atoms with Gasteiger partial charge in [-0.1, -0.05) is 43.7 Å².